The Hall–Kier alpha value is -0.870. The zero-order valence-electron chi connectivity index (χ0n) is 9.90. The maximum atomic E-state index is 11.6. The summed E-state index contributed by atoms with van der Waals surface area (Å²) < 4.78 is 0. The molecule has 0 fully saturated rings. The van der Waals surface area contributed by atoms with E-state index in [0.29, 0.717) is 12.5 Å². The van der Waals surface area contributed by atoms with E-state index in [-0.39, 0.29) is 11.9 Å². The number of rotatable bonds is 6. The van der Waals surface area contributed by atoms with Crippen molar-refractivity contribution in [1.29, 1.82) is 0 Å². The molecule has 3 nitrogen and oxygen atoms in total. The average molecular weight is 240 g/mol. The molecule has 0 spiro atoms. The SMILES string of the molecule is CC(C)CC(N)C(=O)NCCc1ccsc1. The minimum atomic E-state index is -0.373. The fourth-order valence-electron chi connectivity index (χ4n) is 1.51. The largest absolute Gasteiger partial charge is 0.354 e. The second-order valence-corrected chi connectivity index (χ2v) is 5.19. The van der Waals surface area contributed by atoms with Crippen molar-refractivity contribution in [3.05, 3.63) is 22.4 Å². The number of hydrogen-bond donors (Lipinski definition) is 2. The number of carbonyl (C=O) groups is 1. The Kier molecular flexibility index (Phi) is 5.49. The van der Waals surface area contributed by atoms with Gasteiger partial charge in [0.15, 0.2) is 0 Å². The van der Waals surface area contributed by atoms with E-state index < -0.39 is 0 Å². The van der Waals surface area contributed by atoms with Gasteiger partial charge in [-0.25, -0.2) is 0 Å². The van der Waals surface area contributed by atoms with Crippen molar-refractivity contribution in [3.63, 3.8) is 0 Å². The van der Waals surface area contributed by atoms with Crippen LogP contribution in [0.4, 0.5) is 0 Å². The summed E-state index contributed by atoms with van der Waals surface area (Å²) in [6, 6.07) is 1.70. The molecule has 0 aromatic carbocycles. The Morgan fingerprint density at radius 1 is 1.56 bits per heavy atom. The zero-order valence-corrected chi connectivity index (χ0v) is 10.7. The third-order valence-electron chi connectivity index (χ3n) is 2.36. The van der Waals surface area contributed by atoms with Crippen LogP contribution in [0.3, 0.4) is 0 Å². The minimum Gasteiger partial charge on any atom is -0.354 e. The van der Waals surface area contributed by atoms with Crippen molar-refractivity contribution in [1.82, 2.24) is 5.32 Å². The standard InChI is InChI=1S/C12H20N2OS/c1-9(2)7-11(13)12(15)14-5-3-10-4-6-16-8-10/h4,6,8-9,11H,3,5,7,13H2,1-2H3,(H,14,15). The van der Waals surface area contributed by atoms with E-state index in [2.05, 4.69) is 30.6 Å². The number of nitrogens with two attached hydrogens (primary N) is 1. The van der Waals surface area contributed by atoms with Gasteiger partial charge in [0.2, 0.25) is 5.91 Å². The van der Waals surface area contributed by atoms with Gasteiger partial charge in [0.05, 0.1) is 6.04 Å². The van der Waals surface area contributed by atoms with Gasteiger partial charge < -0.3 is 11.1 Å². The second kappa shape index (κ2) is 6.66. The van der Waals surface area contributed by atoms with Crippen LogP contribution < -0.4 is 11.1 Å². The van der Waals surface area contributed by atoms with E-state index in [1.807, 2.05) is 5.38 Å². The Balaban J connectivity index is 2.19. The first-order valence-electron chi connectivity index (χ1n) is 5.64. The summed E-state index contributed by atoms with van der Waals surface area (Å²) in [6.45, 7) is 4.80. The van der Waals surface area contributed by atoms with Crippen LogP contribution in [0.2, 0.25) is 0 Å². The molecule has 1 amide bonds. The van der Waals surface area contributed by atoms with Crippen LogP contribution in [0.25, 0.3) is 0 Å². The normalized spacial score (nSPS) is 12.8. The van der Waals surface area contributed by atoms with Gasteiger partial charge in [-0.1, -0.05) is 13.8 Å². The van der Waals surface area contributed by atoms with E-state index in [1.165, 1.54) is 5.56 Å². The summed E-state index contributed by atoms with van der Waals surface area (Å²) in [7, 11) is 0. The molecule has 1 aromatic rings. The van der Waals surface area contributed by atoms with Gasteiger partial charge in [0, 0.05) is 6.54 Å². The lowest BCUT2D eigenvalue weighted by atomic mass is 10.0. The molecule has 16 heavy (non-hydrogen) atoms. The smallest absolute Gasteiger partial charge is 0.236 e. The number of hydrogen-bond acceptors (Lipinski definition) is 3. The molecule has 90 valence electrons. The molecule has 3 N–H and O–H groups in total. The van der Waals surface area contributed by atoms with Gasteiger partial charge in [0.25, 0.3) is 0 Å². The third kappa shape index (κ3) is 4.77. The Labute approximate surface area is 101 Å². The van der Waals surface area contributed by atoms with Crippen LogP contribution in [-0.2, 0) is 11.2 Å². The first-order valence-corrected chi connectivity index (χ1v) is 6.58. The van der Waals surface area contributed by atoms with Crippen LogP contribution in [-0.4, -0.2) is 18.5 Å². The first-order chi connectivity index (χ1) is 7.59. The fraction of sp³-hybridized carbons (Fsp3) is 0.583. The lowest BCUT2D eigenvalue weighted by Crippen LogP contribution is -2.42. The summed E-state index contributed by atoms with van der Waals surface area (Å²) in [5.41, 5.74) is 7.03. The van der Waals surface area contributed by atoms with E-state index in [1.54, 1.807) is 11.3 Å². The van der Waals surface area contributed by atoms with Crippen molar-refractivity contribution in [2.75, 3.05) is 6.54 Å². The van der Waals surface area contributed by atoms with E-state index >= 15 is 0 Å². The summed E-state index contributed by atoms with van der Waals surface area (Å²) >= 11 is 1.68. The highest BCUT2D eigenvalue weighted by Crippen LogP contribution is 2.06. The summed E-state index contributed by atoms with van der Waals surface area (Å²) in [5.74, 6) is 0.418. The zero-order chi connectivity index (χ0) is 12.0. The fourth-order valence-corrected chi connectivity index (χ4v) is 2.21. The van der Waals surface area contributed by atoms with E-state index in [0.717, 1.165) is 12.8 Å². The van der Waals surface area contributed by atoms with Crippen LogP contribution in [0.1, 0.15) is 25.8 Å². The Bertz CT molecular complexity index is 309. The summed E-state index contributed by atoms with van der Waals surface area (Å²) in [4.78, 5) is 11.6. The molecule has 1 unspecified atom stereocenters. The van der Waals surface area contributed by atoms with Crippen molar-refractivity contribution < 1.29 is 4.79 Å². The average Bonchev–Trinajstić information content (AvgIpc) is 2.69. The lowest BCUT2D eigenvalue weighted by Gasteiger charge is -2.13. The molecule has 0 saturated heterocycles. The van der Waals surface area contributed by atoms with Crippen LogP contribution in [0.15, 0.2) is 16.8 Å². The maximum Gasteiger partial charge on any atom is 0.236 e. The third-order valence-corrected chi connectivity index (χ3v) is 3.09. The van der Waals surface area contributed by atoms with Crippen molar-refractivity contribution in [2.45, 2.75) is 32.7 Å². The van der Waals surface area contributed by atoms with Crippen molar-refractivity contribution in [2.24, 2.45) is 11.7 Å². The molecule has 0 aliphatic carbocycles. The topological polar surface area (TPSA) is 55.1 Å². The first kappa shape index (κ1) is 13.2. The molecular formula is C12H20N2OS. The van der Waals surface area contributed by atoms with E-state index in [4.69, 9.17) is 5.73 Å². The molecule has 0 aliphatic rings. The molecule has 0 saturated carbocycles. The molecule has 1 heterocycles. The lowest BCUT2D eigenvalue weighted by molar-refractivity contribution is -0.122. The van der Waals surface area contributed by atoms with Gasteiger partial charge in [-0.3, -0.25) is 4.79 Å². The van der Waals surface area contributed by atoms with Gasteiger partial charge >= 0.3 is 0 Å². The predicted octanol–water partition coefficient (Wildman–Crippen LogP) is 1.78. The summed E-state index contributed by atoms with van der Waals surface area (Å²) in [5, 5.41) is 7.01. The Morgan fingerprint density at radius 2 is 2.31 bits per heavy atom. The molecule has 4 heteroatoms. The van der Waals surface area contributed by atoms with E-state index in [9.17, 15) is 4.79 Å². The van der Waals surface area contributed by atoms with Gasteiger partial charge in [0.1, 0.15) is 0 Å². The predicted molar refractivity (Wildman–Crippen MR) is 68.5 cm³/mol. The molecular weight excluding hydrogens is 220 g/mol. The van der Waals surface area contributed by atoms with Crippen molar-refractivity contribution in [3.8, 4) is 0 Å². The molecule has 1 rings (SSSR count). The van der Waals surface area contributed by atoms with Crippen LogP contribution in [0.5, 0.6) is 0 Å². The minimum absolute atomic E-state index is 0.0380. The van der Waals surface area contributed by atoms with Crippen LogP contribution in [0, 0.1) is 5.92 Å². The quantitative estimate of drug-likeness (QED) is 0.796. The van der Waals surface area contributed by atoms with Gasteiger partial charge in [-0.05, 0) is 41.1 Å². The monoisotopic (exact) mass is 240 g/mol. The molecule has 1 atom stereocenters. The second-order valence-electron chi connectivity index (χ2n) is 4.41. The summed E-state index contributed by atoms with van der Waals surface area (Å²) in [6.07, 6.45) is 1.62. The molecule has 1 aromatic heterocycles. The highest BCUT2D eigenvalue weighted by atomic mass is 32.1. The van der Waals surface area contributed by atoms with Gasteiger partial charge in [-0.15, -0.1) is 0 Å². The number of nitrogens with one attached hydrogen (secondary N) is 1. The highest BCUT2D eigenvalue weighted by molar-refractivity contribution is 7.07. The number of carbonyl (C=O) groups excluding carboxylic acids is 1. The highest BCUT2D eigenvalue weighted by Gasteiger charge is 2.13. The van der Waals surface area contributed by atoms with Crippen molar-refractivity contribution >= 4 is 17.2 Å². The number of thiophene rings is 1. The number of amides is 1. The molecule has 0 aliphatic heterocycles. The van der Waals surface area contributed by atoms with Gasteiger partial charge in [-0.2, -0.15) is 11.3 Å². The maximum absolute atomic E-state index is 11.6. The van der Waals surface area contributed by atoms with Crippen LogP contribution >= 0.6 is 11.3 Å². The molecule has 0 bridgehead atoms. The molecule has 0 radical (unpaired) electrons. The Morgan fingerprint density at radius 3 is 2.88 bits per heavy atom.